The van der Waals surface area contributed by atoms with Crippen molar-refractivity contribution in [1.29, 1.82) is 0 Å². The summed E-state index contributed by atoms with van der Waals surface area (Å²) in [6.45, 7) is 4.58. The number of nitrogens with one attached hydrogen (secondary N) is 2. The third-order valence-corrected chi connectivity index (χ3v) is 3.95. The fourth-order valence-electron chi connectivity index (χ4n) is 2.51. The molecule has 2 amide bonds. The lowest BCUT2D eigenvalue weighted by atomic mass is 9.93. The van der Waals surface area contributed by atoms with Crippen molar-refractivity contribution in [3.05, 3.63) is 0 Å². The molecule has 1 heterocycles. The lowest BCUT2D eigenvalue weighted by Crippen LogP contribution is -2.54. The van der Waals surface area contributed by atoms with Crippen LogP contribution in [0.25, 0.3) is 0 Å². The predicted molar refractivity (Wildman–Crippen MR) is 91.4 cm³/mol. The van der Waals surface area contributed by atoms with Crippen LogP contribution in [0.1, 0.15) is 20.3 Å². The van der Waals surface area contributed by atoms with Crippen LogP contribution < -0.4 is 16.4 Å². The number of carbonyl (C=O) groups excluding carboxylic acids is 2. The van der Waals surface area contributed by atoms with Gasteiger partial charge in [0.1, 0.15) is 6.04 Å². The minimum atomic E-state index is -1.13. The van der Waals surface area contributed by atoms with Crippen molar-refractivity contribution < 1.29 is 33.7 Å². The predicted octanol–water partition coefficient (Wildman–Crippen LogP) is -1.52. The molecule has 10 nitrogen and oxygen atoms in total. The fourth-order valence-corrected chi connectivity index (χ4v) is 2.51. The minimum Gasteiger partial charge on any atom is -0.481 e. The molecule has 5 N–H and O–H groups in total. The maximum absolute atomic E-state index is 12.2. The molecule has 1 fully saturated rings. The van der Waals surface area contributed by atoms with Crippen molar-refractivity contribution in [2.24, 2.45) is 11.7 Å². The average molecular weight is 375 g/mol. The van der Waals surface area contributed by atoms with E-state index in [-0.39, 0.29) is 32.1 Å². The number of hydrogen-bond donors (Lipinski definition) is 4. The van der Waals surface area contributed by atoms with Gasteiger partial charge in [-0.3, -0.25) is 14.4 Å². The number of nitrogens with two attached hydrogens (primary N) is 1. The van der Waals surface area contributed by atoms with Gasteiger partial charge in [0.25, 0.3) is 0 Å². The van der Waals surface area contributed by atoms with E-state index in [4.69, 9.17) is 19.9 Å². The van der Waals surface area contributed by atoms with Gasteiger partial charge in [-0.15, -0.1) is 0 Å². The van der Waals surface area contributed by atoms with Crippen LogP contribution >= 0.6 is 0 Å². The molecule has 1 saturated heterocycles. The Morgan fingerprint density at radius 3 is 2.23 bits per heavy atom. The summed E-state index contributed by atoms with van der Waals surface area (Å²) in [6.07, 6.45) is 0.110. The zero-order valence-corrected chi connectivity index (χ0v) is 15.2. The SMILES string of the molecule is CC1NC(=O)CCOCCOCCOCC(N)C(C(=O)O)C(C)NC1=O. The van der Waals surface area contributed by atoms with Crippen LogP contribution in [-0.4, -0.2) is 80.7 Å². The van der Waals surface area contributed by atoms with Gasteiger partial charge in [0.05, 0.1) is 45.6 Å². The number of carbonyl (C=O) groups is 3. The van der Waals surface area contributed by atoms with Crippen molar-refractivity contribution in [2.75, 3.05) is 39.6 Å². The minimum absolute atomic E-state index is 0.0172. The van der Waals surface area contributed by atoms with Crippen LogP contribution in [0.15, 0.2) is 0 Å². The van der Waals surface area contributed by atoms with E-state index in [2.05, 4.69) is 10.6 Å². The Bertz CT molecular complexity index is 475. The monoisotopic (exact) mass is 375 g/mol. The molecule has 26 heavy (non-hydrogen) atoms. The molecule has 4 unspecified atom stereocenters. The molecule has 0 bridgehead atoms. The molecule has 4 atom stereocenters. The summed E-state index contributed by atoms with van der Waals surface area (Å²) in [6, 6.07) is -2.36. The van der Waals surface area contributed by atoms with Crippen LogP contribution in [0.3, 0.4) is 0 Å². The van der Waals surface area contributed by atoms with E-state index in [0.29, 0.717) is 19.8 Å². The maximum Gasteiger partial charge on any atom is 0.310 e. The van der Waals surface area contributed by atoms with Gasteiger partial charge in [-0.2, -0.15) is 0 Å². The van der Waals surface area contributed by atoms with E-state index in [1.807, 2.05) is 0 Å². The Labute approximate surface area is 152 Å². The van der Waals surface area contributed by atoms with E-state index < -0.39 is 35.9 Å². The highest BCUT2D eigenvalue weighted by Gasteiger charge is 2.33. The second-order valence-corrected chi connectivity index (χ2v) is 6.16. The molecule has 150 valence electrons. The van der Waals surface area contributed by atoms with E-state index in [9.17, 15) is 19.5 Å². The van der Waals surface area contributed by atoms with Crippen molar-refractivity contribution in [3.8, 4) is 0 Å². The summed E-state index contributed by atoms with van der Waals surface area (Å²) in [5.74, 6) is -2.98. The van der Waals surface area contributed by atoms with Gasteiger partial charge < -0.3 is 35.7 Å². The lowest BCUT2D eigenvalue weighted by Gasteiger charge is -2.27. The number of carboxylic acid groups (broad SMARTS) is 1. The van der Waals surface area contributed by atoms with Crippen LogP contribution in [0.2, 0.25) is 0 Å². The van der Waals surface area contributed by atoms with Crippen LogP contribution in [-0.2, 0) is 28.6 Å². The van der Waals surface area contributed by atoms with Crippen molar-refractivity contribution in [3.63, 3.8) is 0 Å². The standard InChI is InChI=1S/C16H29N3O7/c1-10-14(16(22)23)12(17)9-26-8-7-25-6-5-24-4-3-13(20)18-11(2)15(21)19-10/h10-12,14H,3-9,17H2,1-2H3,(H,18,20)(H,19,21)(H,22,23). The molecule has 0 aromatic rings. The van der Waals surface area contributed by atoms with Gasteiger partial charge >= 0.3 is 5.97 Å². The molecule has 1 aliphatic heterocycles. The van der Waals surface area contributed by atoms with Crippen molar-refractivity contribution in [1.82, 2.24) is 10.6 Å². The van der Waals surface area contributed by atoms with Crippen LogP contribution in [0.5, 0.6) is 0 Å². The number of hydrogen-bond acceptors (Lipinski definition) is 7. The van der Waals surface area contributed by atoms with E-state index in [1.54, 1.807) is 6.92 Å². The second kappa shape index (κ2) is 11.8. The first-order valence-electron chi connectivity index (χ1n) is 8.64. The molecule has 10 heteroatoms. The summed E-state index contributed by atoms with van der Waals surface area (Å²) in [5, 5.41) is 14.6. The summed E-state index contributed by atoms with van der Waals surface area (Å²) >= 11 is 0. The second-order valence-electron chi connectivity index (χ2n) is 6.16. The van der Waals surface area contributed by atoms with Gasteiger partial charge in [-0.1, -0.05) is 0 Å². The first kappa shape index (κ1) is 22.3. The molecule has 0 spiro atoms. The maximum atomic E-state index is 12.2. The van der Waals surface area contributed by atoms with Gasteiger partial charge in [0.2, 0.25) is 11.8 Å². The molecule has 0 aliphatic carbocycles. The summed E-state index contributed by atoms with van der Waals surface area (Å²) < 4.78 is 15.9. The third-order valence-electron chi connectivity index (χ3n) is 3.95. The number of amides is 2. The van der Waals surface area contributed by atoms with Gasteiger partial charge in [0, 0.05) is 18.5 Å². The Morgan fingerprint density at radius 1 is 1.04 bits per heavy atom. The number of ether oxygens (including phenoxy) is 3. The summed E-state index contributed by atoms with van der Waals surface area (Å²) in [4.78, 5) is 35.5. The van der Waals surface area contributed by atoms with Crippen LogP contribution in [0.4, 0.5) is 0 Å². The van der Waals surface area contributed by atoms with Gasteiger partial charge in [-0.25, -0.2) is 0 Å². The van der Waals surface area contributed by atoms with Crippen molar-refractivity contribution >= 4 is 17.8 Å². The summed E-state index contributed by atoms with van der Waals surface area (Å²) in [7, 11) is 0. The van der Waals surface area contributed by atoms with Gasteiger partial charge in [-0.05, 0) is 13.8 Å². The topological polar surface area (TPSA) is 149 Å². The first-order valence-corrected chi connectivity index (χ1v) is 8.64. The van der Waals surface area contributed by atoms with E-state index >= 15 is 0 Å². The Morgan fingerprint density at radius 2 is 1.62 bits per heavy atom. The highest BCUT2D eigenvalue weighted by Crippen LogP contribution is 2.10. The first-order chi connectivity index (χ1) is 12.3. The fraction of sp³-hybridized carbons (Fsp3) is 0.812. The van der Waals surface area contributed by atoms with Gasteiger partial charge in [0.15, 0.2) is 0 Å². The third kappa shape index (κ3) is 8.09. The molecule has 0 aromatic carbocycles. The molecule has 1 rings (SSSR count). The molecular formula is C16H29N3O7. The molecule has 0 aromatic heterocycles. The van der Waals surface area contributed by atoms with E-state index in [0.717, 1.165) is 0 Å². The zero-order valence-electron chi connectivity index (χ0n) is 15.2. The van der Waals surface area contributed by atoms with Crippen LogP contribution in [0, 0.1) is 5.92 Å². The molecule has 0 saturated carbocycles. The Balaban J connectivity index is 2.74. The highest BCUT2D eigenvalue weighted by atomic mass is 16.5. The average Bonchev–Trinajstić information content (AvgIpc) is 2.55. The van der Waals surface area contributed by atoms with Crippen molar-refractivity contribution in [2.45, 2.75) is 38.4 Å². The molecular weight excluding hydrogens is 346 g/mol. The molecule has 1 aliphatic rings. The molecule has 0 radical (unpaired) electrons. The highest BCUT2D eigenvalue weighted by molar-refractivity contribution is 5.87. The zero-order chi connectivity index (χ0) is 19.5. The summed E-state index contributed by atoms with van der Waals surface area (Å²) in [5.41, 5.74) is 5.94. The van der Waals surface area contributed by atoms with E-state index in [1.165, 1.54) is 6.92 Å². The number of rotatable bonds is 1. The number of carboxylic acids is 1. The quantitative estimate of drug-likeness (QED) is 0.431. The Hall–Kier alpha value is -1.75. The lowest BCUT2D eigenvalue weighted by molar-refractivity contribution is -0.144. The normalized spacial score (nSPS) is 31.2. The smallest absolute Gasteiger partial charge is 0.310 e. The number of aliphatic carboxylic acids is 1. The largest absolute Gasteiger partial charge is 0.481 e. The Kier molecular flexibility index (Phi) is 10.1.